The molecule has 0 saturated carbocycles. The number of aromatic nitrogens is 3. The second-order valence-electron chi connectivity index (χ2n) is 6.68. The number of hydrogen-bond donors (Lipinski definition) is 1. The Labute approximate surface area is 138 Å². The molecule has 3 rings (SSSR count). The summed E-state index contributed by atoms with van der Waals surface area (Å²) in [5.74, 6) is 2.33. The molecular formula is C17H29N5O. The molecule has 1 saturated heterocycles. The van der Waals surface area contributed by atoms with Gasteiger partial charge in [0.05, 0.1) is 6.04 Å². The zero-order valence-electron chi connectivity index (χ0n) is 14.3. The summed E-state index contributed by atoms with van der Waals surface area (Å²) >= 11 is 0. The SMILES string of the molecule is CCN1CCCC[C@@H]1C(=O)NCCc1nnc2n1CCCCC2. The van der Waals surface area contributed by atoms with Crippen molar-refractivity contribution in [2.45, 2.75) is 70.9 Å². The number of aryl methyl sites for hydroxylation is 1. The van der Waals surface area contributed by atoms with Gasteiger partial charge in [-0.15, -0.1) is 10.2 Å². The van der Waals surface area contributed by atoms with Gasteiger partial charge in [0.1, 0.15) is 11.6 Å². The van der Waals surface area contributed by atoms with Crippen LogP contribution in [0.5, 0.6) is 0 Å². The number of likely N-dealkylation sites (tertiary alicyclic amines) is 1. The van der Waals surface area contributed by atoms with E-state index in [-0.39, 0.29) is 11.9 Å². The number of fused-ring (bicyclic) bond motifs is 1. The van der Waals surface area contributed by atoms with E-state index in [4.69, 9.17) is 0 Å². The van der Waals surface area contributed by atoms with Gasteiger partial charge in [-0.25, -0.2) is 0 Å². The number of carbonyl (C=O) groups excluding carboxylic acids is 1. The van der Waals surface area contributed by atoms with Crippen molar-refractivity contribution in [3.05, 3.63) is 11.6 Å². The molecule has 0 unspecified atom stereocenters. The van der Waals surface area contributed by atoms with Crippen molar-refractivity contribution in [2.24, 2.45) is 0 Å². The molecule has 3 heterocycles. The molecular weight excluding hydrogens is 290 g/mol. The molecule has 6 nitrogen and oxygen atoms in total. The molecule has 1 atom stereocenters. The Morgan fingerprint density at radius 1 is 1.17 bits per heavy atom. The van der Waals surface area contributed by atoms with Crippen LogP contribution in [0.25, 0.3) is 0 Å². The molecule has 1 aromatic rings. The van der Waals surface area contributed by atoms with Crippen molar-refractivity contribution >= 4 is 5.91 Å². The smallest absolute Gasteiger partial charge is 0.237 e. The summed E-state index contributed by atoms with van der Waals surface area (Å²) < 4.78 is 2.26. The monoisotopic (exact) mass is 319 g/mol. The van der Waals surface area contributed by atoms with E-state index >= 15 is 0 Å². The quantitative estimate of drug-likeness (QED) is 0.894. The Hall–Kier alpha value is -1.43. The number of hydrogen-bond acceptors (Lipinski definition) is 4. The van der Waals surface area contributed by atoms with Gasteiger partial charge in [0.15, 0.2) is 0 Å². The topological polar surface area (TPSA) is 63.1 Å². The van der Waals surface area contributed by atoms with Gasteiger partial charge in [-0.3, -0.25) is 9.69 Å². The maximum absolute atomic E-state index is 12.4. The van der Waals surface area contributed by atoms with Gasteiger partial charge in [-0.05, 0) is 38.8 Å². The van der Waals surface area contributed by atoms with Gasteiger partial charge < -0.3 is 9.88 Å². The Balaban J connectivity index is 1.51. The molecule has 1 aromatic heterocycles. The van der Waals surface area contributed by atoms with Crippen molar-refractivity contribution in [3.63, 3.8) is 0 Å². The Kier molecular flexibility index (Phi) is 5.65. The minimum Gasteiger partial charge on any atom is -0.354 e. The molecule has 1 N–H and O–H groups in total. The van der Waals surface area contributed by atoms with Crippen LogP contribution < -0.4 is 5.32 Å². The molecule has 2 aliphatic heterocycles. The average Bonchev–Trinajstić information content (AvgIpc) is 2.81. The molecule has 0 spiro atoms. The largest absolute Gasteiger partial charge is 0.354 e. The first kappa shape index (κ1) is 16.4. The number of rotatable bonds is 5. The number of amides is 1. The summed E-state index contributed by atoms with van der Waals surface area (Å²) in [5, 5.41) is 11.8. The van der Waals surface area contributed by atoms with Crippen molar-refractivity contribution in [2.75, 3.05) is 19.6 Å². The molecule has 2 aliphatic rings. The minimum atomic E-state index is 0.0595. The lowest BCUT2D eigenvalue weighted by Crippen LogP contribution is -2.49. The van der Waals surface area contributed by atoms with Crippen LogP contribution in [0.3, 0.4) is 0 Å². The minimum absolute atomic E-state index is 0.0595. The van der Waals surface area contributed by atoms with Crippen LogP contribution in [-0.2, 0) is 24.2 Å². The number of nitrogens with one attached hydrogen (secondary N) is 1. The molecule has 1 amide bonds. The fraction of sp³-hybridized carbons (Fsp3) is 0.824. The van der Waals surface area contributed by atoms with Gasteiger partial charge in [0, 0.05) is 25.9 Å². The first-order valence-corrected chi connectivity index (χ1v) is 9.22. The molecule has 6 heteroatoms. The molecule has 128 valence electrons. The fourth-order valence-electron chi connectivity index (χ4n) is 3.81. The highest BCUT2D eigenvalue weighted by molar-refractivity contribution is 5.81. The lowest BCUT2D eigenvalue weighted by molar-refractivity contribution is -0.127. The maximum Gasteiger partial charge on any atom is 0.237 e. The van der Waals surface area contributed by atoms with Crippen LogP contribution in [-0.4, -0.2) is 51.2 Å². The third-order valence-corrected chi connectivity index (χ3v) is 5.16. The van der Waals surface area contributed by atoms with Crippen molar-refractivity contribution < 1.29 is 4.79 Å². The summed E-state index contributed by atoms with van der Waals surface area (Å²) in [6, 6.07) is 0.0595. The molecule has 1 fully saturated rings. The van der Waals surface area contributed by atoms with E-state index in [2.05, 4.69) is 31.9 Å². The van der Waals surface area contributed by atoms with Crippen molar-refractivity contribution in [3.8, 4) is 0 Å². The molecule has 0 aromatic carbocycles. The lowest BCUT2D eigenvalue weighted by Gasteiger charge is -2.33. The van der Waals surface area contributed by atoms with E-state index in [1.54, 1.807) is 0 Å². The molecule has 0 aliphatic carbocycles. The van der Waals surface area contributed by atoms with Crippen LogP contribution >= 0.6 is 0 Å². The zero-order valence-corrected chi connectivity index (χ0v) is 14.3. The van der Waals surface area contributed by atoms with Crippen LogP contribution in [0.15, 0.2) is 0 Å². The lowest BCUT2D eigenvalue weighted by atomic mass is 10.0. The number of piperidine rings is 1. The Morgan fingerprint density at radius 2 is 2.04 bits per heavy atom. The van der Waals surface area contributed by atoms with E-state index in [0.717, 1.165) is 57.0 Å². The molecule has 0 radical (unpaired) electrons. The van der Waals surface area contributed by atoms with Crippen LogP contribution in [0.1, 0.15) is 57.1 Å². The van der Waals surface area contributed by atoms with Gasteiger partial charge in [0.2, 0.25) is 5.91 Å². The molecule has 23 heavy (non-hydrogen) atoms. The third kappa shape index (κ3) is 3.91. The molecule has 0 bridgehead atoms. The second kappa shape index (κ2) is 7.90. The van der Waals surface area contributed by atoms with Gasteiger partial charge in [0.25, 0.3) is 0 Å². The van der Waals surface area contributed by atoms with Crippen molar-refractivity contribution in [1.29, 1.82) is 0 Å². The zero-order chi connectivity index (χ0) is 16.1. The summed E-state index contributed by atoms with van der Waals surface area (Å²) in [4.78, 5) is 14.7. The van der Waals surface area contributed by atoms with Crippen LogP contribution in [0, 0.1) is 0 Å². The Bertz CT molecular complexity index is 527. The van der Waals surface area contributed by atoms with Gasteiger partial charge in [-0.2, -0.15) is 0 Å². The van der Waals surface area contributed by atoms with Crippen LogP contribution in [0.2, 0.25) is 0 Å². The highest BCUT2D eigenvalue weighted by atomic mass is 16.2. The maximum atomic E-state index is 12.4. The Morgan fingerprint density at radius 3 is 2.91 bits per heavy atom. The summed E-state index contributed by atoms with van der Waals surface area (Å²) in [5.41, 5.74) is 0. The van der Waals surface area contributed by atoms with Crippen molar-refractivity contribution in [1.82, 2.24) is 25.0 Å². The normalized spacial score (nSPS) is 22.4. The predicted molar refractivity (Wildman–Crippen MR) is 89.2 cm³/mol. The van der Waals surface area contributed by atoms with Crippen LogP contribution in [0.4, 0.5) is 0 Å². The highest BCUT2D eigenvalue weighted by Crippen LogP contribution is 2.17. The van der Waals surface area contributed by atoms with E-state index in [0.29, 0.717) is 6.54 Å². The summed E-state index contributed by atoms with van der Waals surface area (Å²) in [6.07, 6.45) is 8.86. The highest BCUT2D eigenvalue weighted by Gasteiger charge is 2.27. The average molecular weight is 319 g/mol. The first-order chi connectivity index (χ1) is 11.3. The predicted octanol–water partition coefficient (Wildman–Crippen LogP) is 1.54. The standard InChI is InChI=1S/C17H29N5O/c1-2-21-12-7-5-8-14(21)17(23)18-11-10-16-20-19-15-9-4-3-6-13-22(15)16/h14H,2-13H2,1H3,(H,18,23)/t14-/m1/s1. The number of carbonyl (C=O) groups is 1. The van der Waals surface area contributed by atoms with E-state index < -0.39 is 0 Å². The summed E-state index contributed by atoms with van der Waals surface area (Å²) in [6.45, 7) is 5.82. The third-order valence-electron chi connectivity index (χ3n) is 5.16. The second-order valence-corrected chi connectivity index (χ2v) is 6.68. The first-order valence-electron chi connectivity index (χ1n) is 9.22. The fourth-order valence-corrected chi connectivity index (χ4v) is 3.81. The number of nitrogens with zero attached hydrogens (tertiary/aromatic N) is 4. The number of likely N-dealkylation sites (N-methyl/N-ethyl adjacent to an activating group) is 1. The summed E-state index contributed by atoms with van der Waals surface area (Å²) in [7, 11) is 0. The van der Waals surface area contributed by atoms with Gasteiger partial charge in [-0.1, -0.05) is 19.8 Å². The van der Waals surface area contributed by atoms with Gasteiger partial charge >= 0.3 is 0 Å². The van der Waals surface area contributed by atoms with E-state index in [9.17, 15) is 4.79 Å². The van der Waals surface area contributed by atoms with E-state index in [1.165, 1.54) is 25.7 Å². The van der Waals surface area contributed by atoms with E-state index in [1.807, 2.05) is 0 Å².